The van der Waals surface area contributed by atoms with Gasteiger partial charge in [0.05, 0.1) is 77.1 Å². The Morgan fingerprint density at radius 2 is 0.655 bits per heavy atom. The number of aliphatic hydroxyl groups is 23. The van der Waals surface area contributed by atoms with Gasteiger partial charge in [-0.25, -0.2) is 9.59 Å². The third-order valence-electron chi connectivity index (χ3n) is 20.6. The van der Waals surface area contributed by atoms with Gasteiger partial charge in [0.1, 0.15) is 183 Å². The average Bonchev–Trinajstić information content (AvgIpc) is 0.753. The van der Waals surface area contributed by atoms with Crippen molar-refractivity contribution in [1.29, 1.82) is 0 Å². The highest BCUT2D eigenvalue weighted by Gasteiger charge is 2.64. The first kappa shape index (κ1) is 96.2. The zero-order chi connectivity index (χ0) is 86.3. The van der Waals surface area contributed by atoms with E-state index in [0.29, 0.717) is 0 Å². The zero-order valence-corrected chi connectivity index (χ0v) is 62.3. The third kappa shape index (κ3) is 21.3. The molecule has 0 aromatic rings. The lowest BCUT2D eigenvalue weighted by molar-refractivity contribution is -0.389. The highest BCUT2D eigenvalue weighted by molar-refractivity contribution is 5.78. The van der Waals surface area contributed by atoms with Crippen molar-refractivity contribution in [2.45, 2.75) is 304 Å². The number of carboxylic acid groups (broad SMARTS) is 2. The summed E-state index contributed by atoms with van der Waals surface area (Å²) in [4.78, 5) is 89.1. The Balaban J connectivity index is 0.991. The fourth-order valence-corrected chi connectivity index (χ4v) is 14.8. The molecule has 0 aliphatic carbocycles. The van der Waals surface area contributed by atoms with Crippen LogP contribution in [-0.2, 0) is 105 Å². The fourth-order valence-electron chi connectivity index (χ4n) is 14.8. The molecular formula is C64H105N5O47. The molecule has 8 fully saturated rings. The van der Waals surface area contributed by atoms with Crippen molar-refractivity contribution in [2.75, 3.05) is 52.9 Å². The van der Waals surface area contributed by atoms with Crippen LogP contribution in [0.2, 0.25) is 0 Å². The summed E-state index contributed by atoms with van der Waals surface area (Å²) < 4.78 is 87.1. The highest BCUT2D eigenvalue weighted by Crippen LogP contribution is 2.43. The molecule has 0 bridgehead atoms. The molecule has 5 amide bonds. The van der Waals surface area contributed by atoms with E-state index in [9.17, 15) is 161 Å². The first-order chi connectivity index (χ1) is 54.5. The van der Waals surface area contributed by atoms with Crippen molar-refractivity contribution in [3.8, 4) is 0 Å². The first-order valence-electron chi connectivity index (χ1n) is 36.4. The van der Waals surface area contributed by atoms with Crippen molar-refractivity contribution < 1.29 is 232 Å². The van der Waals surface area contributed by atoms with Gasteiger partial charge in [0.2, 0.25) is 29.5 Å². The number of amides is 5. The predicted molar refractivity (Wildman–Crippen MR) is 357 cm³/mol. The second-order valence-electron chi connectivity index (χ2n) is 28.9. The quantitative estimate of drug-likeness (QED) is 0.0290. The largest absolute Gasteiger partial charge is 0.477 e. The molecule has 0 spiro atoms. The van der Waals surface area contributed by atoms with E-state index in [1.807, 2.05) is 0 Å². The summed E-state index contributed by atoms with van der Waals surface area (Å²) >= 11 is 0. The molecule has 1 unspecified atom stereocenters. The summed E-state index contributed by atoms with van der Waals surface area (Å²) in [5.41, 5.74) is 0. The maximum Gasteiger partial charge on any atom is 0.364 e. The van der Waals surface area contributed by atoms with Crippen LogP contribution in [-0.4, -0.2) is 479 Å². The molecule has 8 aliphatic rings. The van der Waals surface area contributed by atoms with Crippen LogP contribution in [0, 0.1) is 0 Å². The van der Waals surface area contributed by atoms with Crippen LogP contribution in [0.15, 0.2) is 0 Å². The number of hydrogen-bond acceptors (Lipinski definition) is 45. The minimum absolute atomic E-state index is 0.857. The molecular weight excluding hydrogens is 1590 g/mol. The van der Waals surface area contributed by atoms with Crippen molar-refractivity contribution in [3.63, 3.8) is 0 Å². The predicted octanol–water partition coefficient (Wildman–Crippen LogP) is -19.3. The second-order valence-corrected chi connectivity index (χ2v) is 28.9. The van der Waals surface area contributed by atoms with E-state index < -0.39 is 364 Å². The van der Waals surface area contributed by atoms with Gasteiger partial charge in [-0.05, 0) is 0 Å². The van der Waals surface area contributed by atoms with Gasteiger partial charge in [-0.3, -0.25) is 24.0 Å². The number of carbonyl (C=O) groups is 7. The molecule has 30 N–H and O–H groups in total. The standard InChI is InChI=1S/C64H105N5O47/c1-16(77)65-31-21(82)6-63(61(98)99,113-50(31)36(86)23(84)8-70)115-53-39(89)26(11-73)105-59(45(53)95)109-47-28(13-75)107-56(33(42(47)92)67-18(3)79)102-15-30-41(91)49(35(55(97)103-30)69-20(5)81)111-58-44(94)52(38(88)25(10-72)104-58)112-57-34(68-19(4)80)43(93)48(29(14-76)108-57)110-60-46(96)54(40(90)27(12-74)106-60)116-64(62(100)101)7-22(83)32(66-17(2)78)51(114-64)37(87)24(85)9-71/h21-60,70-76,82-97H,6-15H2,1-5H3,(H,65,77)(H,66,78)(H,67,79)(H,68,80)(H,69,81)(H,98,99)(H,100,101)/t21-,22-,23+,24+,25+,26+,27+,28+,29+,30+,31+,32+,33+,34+,35+,36+,37+,38-,39-,40-,41-,42+,43+,44+,45+,46+,47+,48+,49+,50+,51+,52-,53-,54-,55?,56+,57-,58-,59-,60-,63-,64-/m0/s1. The van der Waals surface area contributed by atoms with Gasteiger partial charge in [0.25, 0.3) is 11.6 Å². The summed E-state index contributed by atoms with van der Waals surface area (Å²) in [6.07, 6.45) is -78.5. The van der Waals surface area contributed by atoms with Crippen LogP contribution < -0.4 is 26.6 Å². The highest BCUT2D eigenvalue weighted by atomic mass is 16.8. The topological polar surface area (TPSA) is 824 Å². The maximum atomic E-state index is 13.2. The number of carboxylic acids is 2. The molecule has 52 heteroatoms. The van der Waals surface area contributed by atoms with E-state index in [4.69, 9.17) is 71.1 Å². The van der Waals surface area contributed by atoms with Crippen molar-refractivity contribution >= 4 is 41.5 Å². The summed E-state index contributed by atoms with van der Waals surface area (Å²) in [5, 5.41) is 288. The number of aliphatic carboxylic acids is 2. The van der Waals surface area contributed by atoms with Crippen molar-refractivity contribution in [2.24, 2.45) is 0 Å². The second kappa shape index (κ2) is 41.1. The fraction of sp³-hybridized carbons (Fsp3) is 0.891. The molecule has 0 radical (unpaired) electrons. The van der Waals surface area contributed by atoms with E-state index in [0.717, 1.165) is 34.6 Å². The third-order valence-corrected chi connectivity index (χ3v) is 20.6. The van der Waals surface area contributed by atoms with Crippen LogP contribution in [0.1, 0.15) is 47.5 Å². The van der Waals surface area contributed by atoms with E-state index in [1.165, 1.54) is 0 Å². The molecule has 42 atom stereocenters. The smallest absolute Gasteiger partial charge is 0.364 e. The molecule has 8 heterocycles. The molecule has 0 aromatic heterocycles. The number of hydrogen-bond donors (Lipinski definition) is 30. The van der Waals surface area contributed by atoms with Crippen LogP contribution in [0.5, 0.6) is 0 Å². The van der Waals surface area contributed by atoms with Crippen molar-refractivity contribution in [1.82, 2.24) is 26.6 Å². The average molecular weight is 1700 g/mol. The van der Waals surface area contributed by atoms with Crippen LogP contribution in [0.25, 0.3) is 0 Å². The summed E-state index contributed by atoms with van der Waals surface area (Å²) in [5.74, 6) is -15.4. The lowest BCUT2D eigenvalue weighted by Crippen LogP contribution is -2.71. The van der Waals surface area contributed by atoms with E-state index >= 15 is 0 Å². The Bertz CT molecular complexity index is 3240. The monoisotopic (exact) mass is 1700 g/mol. The Labute approximate surface area is 655 Å². The van der Waals surface area contributed by atoms with E-state index in [-0.39, 0.29) is 0 Å². The van der Waals surface area contributed by atoms with Gasteiger partial charge in [0.15, 0.2) is 37.7 Å². The maximum absolute atomic E-state index is 13.2. The first-order valence-corrected chi connectivity index (χ1v) is 36.4. The minimum Gasteiger partial charge on any atom is -0.477 e. The normalized spacial score (nSPS) is 44.6. The molecule has 0 aromatic carbocycles. The van der Waals surface area contributed by atoms with Crippen LogP contribution in [0.3, 0.4) is 0 Å². The molecule has 116 heavy (non-hydrogen) atoms. The summed E-state index contributed by atoms with van der Waals surface area (Å²) in [6, 6.07) is -9.21. The number of nitrogens with one attached hydrogen (secondary N) is 5. The zero-order valence-electron chi connectivity index (χ0n) is 62.3. The number of rotatable bonds is 33. The number of carbonyl (C=O) groups excluding carboxylic acids is 5. The Hall–Kier alpha value is -5.23. The van der Waals surface area contributed by atoms with E-state index in [2.05, 4.69) is 26.6 Å². The molecule has 8 rings (SSSR count). The summed E-state index contributed by atoms with van der Waals surface area (Å²) in [7, 11) is 0. The Morgan fingerprint density at radius 1 is 0.353 bits per heavy atom. The molecule has 8 aliphatic heterocycles. The lowest BCUT2D eigenvalue weighted by atomic mass is 9.88. The Morgan fingerprint density at radius 3 is 1.01 bits per heavy atom. The van der Waals surface area contributed by atoms with Crippen LogP contribution in [0.4, 0.5) is 0 Å². The van der Waals surface area contributed by atoms with Gasteiger partial charge >= 0.3 is 11.9 Å². The van der Waals surface area contributed by atoms with Crippen molar-refractivity contribution in [3.05, 3.63) is 0 Å². The SMILES string of the molecule is CC(=O)N[C@H]1[C@H](OC[C@H]2OC(O)[C@H](NC(C)=O)[C@@H](O[C@@H]3O[C@H](CO)[C@H](O)[C@H](O[C@@H]4O[C@H](CO)[C@@H](O[C@@H]5O[C@H](CO)[C@H](O)[C@H](O[C@]6(C(=O)O)C[C@H](O)[C@@H](NC(C)=O)[C@H]([C@H](O)[C@H](O)CO)O6)[C@H]5O)[C@H](O)[C@H]4NC(C)=O)[C@H]3O)[C@H]2O)O[C@H](CO)[C@@H](O[C@@H]2O[C@H](CO)[C@H](O)[C@H](O[C@]3(C(=O)O)C[C@H](O)[C@@H](NC(C)=O)[C@H]([C@H](O)[C@H](O)CO)O3)[C@H]2O)[C@@H]1O. The van der Waals surface area contributed by atoms with E-state index in [1.54, 1.807) is 0 Å². The number of ether oxygens (including phenoxy) is 15. The molecule has 52 nitrogen and oxygen atoms in total. The van der Waals surface area contributed by atoms with Gasteiger partial charge in [-0.2, -0.15) is 0 Å². The van der Waals surface area contributed by atoms with Crippen LogP contribution >= 0.6 is 0 Å². The molecule has 668 valence electrons. The van der Waals surface area contributed by atoms with Gasteiger partial charge in [-0.15, -0.1) is 0 Å². The molecule has 8 saturated heterocycles. The van der Waals surface area contributed by atoms with Gasteiger partial charge < -0.3 is 225 Å². The summed E-state index contributed by atoms with van der Waals surface area (Å²) in [6.45, 7) is -4.63. The Kier molecular flexibility index (Phi) is 34.1. The van der Waals surface area contributed by atoms with Gasteiger partial charge in [-0.1, -0.05) is 0 Å². The lowest BCUT2D eigenvalue weighted by Gasteiger charge is -2.51. The molecule has 0 saturated carbocycles. The minimum atomic E-state index is -3.27. The number of aliphatic hydroxyl groups excluding tert-OH is 23. The van der Waals surface area contributed by atoms with Gasteiger partial charge in [0, 0.05) is 47.5 Å².